The van der Waals surface area contributed by atoms with Crippen LogP contribution in [0.4, 0.5) is 0 Å². The summed E-state index contributed by atoms with van der Waals surface area (Å²) in [6.07, 6.45) is 2.30. The molecule has 0 nitrogen and oxygen atoms in total. The zero-order valence-corrected chi connectivity index (χ0v) is 32.3. The van der Waals surface area contributed by atoms with Gasteiger partial charge in [0.25, 0.3) is 0 Å². The van der Waals surface area contributed by atoms with Gasteiger partial charge in [0.2, 0.25) is 0 Å². The Morgan fingerprint density at radius 3 is 0.568 bits per heavy atom. The molecule has 0 aliphatic rings. The van der Waals surface area contributed by atoms with Crippen LogP contribution in [0.3, 0.4) is 0 Å². The van der Waals surface area contributed by atoms with Crippen molar-refractivity contribution in [2.45, 2.75) is 159 Å². The Kier molecular flexibility index (Phi) is 13.4. The molecule has 0 bridgehead atoms. The van der Waals surface area contributed by atoms with Gasteiger partial charge in [-0.1, -0.05) is 197 Å². The van der Waals surface area contributed by atoms with E-state index in [2.05, 4.69) is 197 Å². The predicted molar refractivity (Wildman–Crippen MR) is 200 cm³/mol. The Bertz CT molecular complexity index is 1120. The van der Waals surface area contributed by atoms with Crippen molar-refractivity contribution in [2.75, 3.05) is 0 Å². The Labute approximate surface area is 275 Å². The van der Waals surface area contributed by atoms with Crippen molar-refractivity contribution in [1.82, 2.24) is 0 Å². The molecule has 0 saturated carbocycles. The van der Waals surface area contributed by atoms with Gasteiger partial charge in [-0.15, -0.1) is 0 Å². The van der Waals surface area contributed by atoms with E-state index in [0.717, 1.165) is 12.8 Å². The molecule has 0 amide bonds. The fourth-order valence-electron chi connectivity index (χ4n) is 4.94. The van der Waals surface area contributed by atoms with Gasteiger partial charge in [-0.2, -0.15) is 0 Å². The van der Waals surface area contributed by atoms with Crippen molar-refractivity contribution in [1.29, 1.82) is 0 Å². The number of hydrogen-bond donors (Lipinski definition) is 0. The van der Waals surface area contributed by atoms with E-state index in [9.17, 15) is 0 Å². The van der Waals surface area contributed by atoms with Crippen LogP contribution < -0.4 is 0 Å². The van der Waals surface area contributed by atoms with E-state index < -0.39 is 0 Å². The van der Waals surface area contributed by atoms with Crippen LogP contribution in [0.25, 0.3) is 0 Å². The Morgan fingerprint density at radius 2 is 0.432 bits per heavy atom. The van der Waals surface area contributed by atoms with Crippen molar-refractivity contribution >= 4 is 0 Å². The molecule has 44 heavy (non-hydrogen) atoms. The summed E-state index contributed by atoms with van der Waals surface area (Å²) in [6, 6.07) is 27.1. The lowest BCUT2D eigenvalue weighted by atomic mass is 9.82. The van der Waals surface area contributed by atoms with Crippen molar-refractivity contribution in [3.63, 3.8) is 0 Å². The molecule has 3 aromatic carbocycles. The average Bonchev–Trinajstić information content (AvgIpc) is 2.81. The van der Waals surface area contributed by atoms with Crippen LogP contribution in [-0.4, -0.2) is 0 Å². The van der Waals surface area contributed by atoms with E-state index in [1.165, 1.54) is 33.4 Å². The van der Waals surface area contributed by atoms with Gasteiger partial charge in [0.15, 0.2) is 0 Å². The molecule has 0 aromatic heterocycles. The standard InChI is InChI=1S/2C15H24.C14H22/c2*1-14(2,3)11-12-7-9-13(10-8-12)15(4,5)6;1-13(2,3)11-7-9-12(10-8-11)14(4,5)6/h2*7-10H,11H2,1-6H3;7-10H,1-6H3. The summed E-state index contributed by atoms with van der Waals surface area (Å²) in [5.41, 5.74) is 10.3. The summed E-state index contributed by atoms with van der Waals surface area (Å²) in [6.45, 7) is 40.7. The monoisotopic (exact) mass is 599 g/mol. The average molecular weight is 599 g/mol. The summed E-state index contributed by atoms with van der Waals surface area (Å²) in [5, 5.41) is 0. The summed E-state index contributed by atoms with van der Waals surface area (Å²) in [4.78, 5) is 0. The molecular weight excluding hydrogens is 528 g/mol. The maximum Gasteiger partial charge on any atom is -0.0132 e. The summed E-state index contributed by atoms with van der Waals surface area (Å²) >= 11 is 0. The van der Waals surface area contributed by atoms with Crippen molar-refractivity contribution in [3.8, 4) is 0 Å². The largest absolute Gasteiger partial charge is 0.0599 e. The highest BCUT2D eigenvalue weighted by molar-refractivity contribution is 5.31. The Balaban J connectivity index is 0.000000330. The first-order chi connectivity index (χ1) is 19.6. The van der Waals surface area contributed by atoms with E-state index >= 15 is 0 Å². The van der Waals surface area contributed by atoms with Crippen molar-refractivity contribution in [3.05, 3.63) is 106 Å². The molecule has 246 valence electrons. The number of rotatable bonds is 2. The first kappa shape index (κ1) is 39.7. The van der Waals surface area contributed by atoms with E-state index in [1.807, 2.05) is 0 Å². The zero-order valence-electron chi connectivity index (χ0n) is 32.3. The molecule has 0 aliphatic heterocycles. The second kappa shape index (κ2) is 14.8. The van der Waals surface area contributed by atoms with Gasteiger partial charge in [0.1, 0.15) is 0 Å². The third-order valence-electron chi connectivity index (χ3n) is 7.73. The second-order valence-corrected chi connectivity index (χ2v) is 19.4. The summed E-state index contributed by atoms with van der Waals surface area (Å²) in [5.74, 6) is 0. The number of benzene rings is 3. The van der Waals surface area contributed by atoms with Gasteiger partial charge in [-0.3, -0.25) is 0 Å². The molecule has 0 fully saturated rings. The molecular formula is C44H70. The third kappa shape index (κ3) is 15.6. The molecule has 0 unspecified atom stereocenters. The highest BCUT2D eigenvalue weighted by Crippen LogP contribution is 2.28. The van der Waals surface area contributed by atoms with Crippen LogP contribution in [0, 0.1) is 10.8 Å². The van der Waals surface area contributed by atoms with Crippen LogP contribution in [0.15, 0.2) is 72.8 Å². The molecule has 3 aromatic rings. The maximum atomic E-state index is 2.28. The first-order valence-electron chi connectivity index (χ1n) is 16.9. The van der Waals surface area contributed by atoms with Crippen LogP contribution in [0.2, 0.25) is 0 Å². The highest BCUT2D eigenvalue weighted by Gasteiger charge is 2.18. The Hall–Kier alpha value is -2.34. The SMILES string of the molecule is CC(C)(C)Cc1ccc(C(C)(C)C)cc1.CC(C)(C)Cc1ccc(C(C)(C)C)cc1.CC(C)(C)c1ccc(C(C)(C)C)cc1. The number of hydrogen-bond acceptors (Lipinski definition) is 0. The van der Waals surface area contributed by atoms with Gasteiger partial charge in [0, 0.05) is 0 Å². The van der Waals surface area contributed by atoms with Gasteiger partial charge < -0.3 is 0 Å². The minimum absolute atomic E-state index is 0.260. The molecule has 0 heteroatoms. The molecule has 0 N–H and O–H groups in total. The van der Waals surface area contributed by atoms with Gasteiger partial charge >= 0.3 is 0 Å². The van der Waals surface area contributed by atoms with Gasteiger partial charge in [0.05, 0.1) is 0 Å². The molecule has 0 heterocycles. The smallest absolute Gasteiger partial charge is 0.0132 e. The van der Waals surface area contributed by atoms with E-state index in [-0.39, 0.29) is 21.7 Å². The van der Waals surface area contributed by atoms with Crippen LogP contribution in [0.1, 0.15) is 158 Å². The molecule has 0 radical (unpaired) electrons. The topological polar surface area (TPSA) is 0 Å². The lowest BCUT2D eigenvalue weighted by Crippen LogP contribution is -2.14. The van der Waals surface area contributed by atoms with Gasteiger partial charge in [-0.25, -0.2) is 0 Å². The van der Waals surface area contributed by atoms with E-state index in [0.29, 0.717) is 10.8 Å². The summed E-state index contributed by atoms with van der Waals surface area (Å²) in [7, 11) is 0. The van der Waals surface area contributed by atoms with Crippen LogP contribution in [-0.2, 0) is 34.5 Å². The molecule has 3 rings (SSSR count). The molecule has 0 spiro atoms. The summed E-state index contributed by atoms with van der Waals surface area (Å²) < 4.78 is 0. The zero-order chi connectivity index (χ0) is 34.4. The van der Waals surface area contributed by atoms with Crippen LogP contribution >= 0.6 is 0 Å². The molecule has 0 atom stereocenters. The van der Waals surface area contributed by atoms with Crippen molar-refractivity contribution < 1.29 is 0 Å². The lowest BCUT2D eigenvalue weighted by Gasteiger charge is -2.23. The third-order valence-corrected chi connectivity index (χ3v) is 7.73. The quantitative estimate of drug-likeness (QED) is 0.275. The minimum atomic E-state index is 0.260. The maximum absolute atomic E-state index is 2.28. The molecule has 0 aliphatic carbocycles. The normalized spacial score (nSPS) is 13.0. The minimum Gasteiger partial charge on any atom is -0.0599 e. The van der Waals surface area contributed by atoms with Crippen molar-refractivity contribution in [2.24, 2.45) is 10.8 Å². The second-order valence-electron chi connectivity index (χ2n) is 19.4. The van der Waals surface area contributed by atoms with E-state index in [1.54, 1.807) is 0 Å². The first-order valence-corrected chi connectivity index (χ1v) is 16.9. The Morgan fingerprint density at radius 1 is 0.273 bits per heavy atom. The lowest BCUT2D eigenvalue weighted by molar-refractivity contribution is 0.410. The van der Waals surface area contributed by atoms with Gasteiger partial charge in [-0.05, 0) is 78.7 Å². The fraction of sp³-hybridized carbons (Fsp3) is 0.591. The van der Waals surface area contributed by atoms with Crippen LogP contribution in [0.5, 0.6) is 0 Å². The highest BCUT2D eigenvalue weighted by atomic mass is 14.2. The molecule has 0 saturated heterocycles. The predicted octanol–water partition coefficient (Wildman–Crippen LogP) is 13.4. The fourth-order valence-corrected chi connectivity index (χ4v) is 4.94. The van der Waals surface area contributed by atoms with E-state index in [4.69, 9.17) is 0 Å².